The SMILES string of the molecule is CCOC(=O)c1oc(-c2ccoc2Br)nc1C(F)F. The van der Waals surface area contributed by atoms with E-state index in [0.29, 0.717) is 5.56 Å². The van der Waals surface area contributed by atoms with Crippen LogP contribution in [-0.4, -0.2) is 17.6 Å². The molecule has 0 aliphatic rings. The molecule has 0 amide bonds. The fraction of sp³-hybridized carbons (Fsp3) is 0.273. The number of nitrogens with zero attached hydrogens (tertiary/aromatic N) is 1. The average molecular weight is 336 g/mol. The molecule has 2 heterocycles. The lowest BCUT2D eigenvalue weighted by molar-refractivity contribution is 0.0476. The number of alkyl halides is 2. The molecular formula is C11H8BrF2NO4. The van der Waals surface area contributed by atoms with Crippen LogP contribution in [0, 0.1) is 0 Å². The molecule has 0 radical (unpaired) electrons. The highest BCUT2D eigenvalue weighted by molar-refractivity contribution is 9.10. The first-order chi connectivity index (χ1) is 9.04. The van der Waals surface area contributed by atoms with Crippen molar-refractivity contribution in [2.24, 2.45) is 0 Å². The first kappa shape index (κ1) is 13.7. The fourth-order valence-electron chi connectivity index (χ4n) is 1.38. The molecule has 0 unspecified atom stereocenters. The van der Waals surface area contributed by atoms with Crippen molar-refractivity contribution in [2.75, 3.05) is 6.61 Å². The van der Waals surface area contributed by atoms with Gasteiger partial charge in [-0.25, -0.2) is 18.6 Å². The zero-order valence-electron chi connectivity index (χ0n) is 9.65. The van der Waals surface area contributed by atoms with Crippen molar-refractivity contribution in [3.63, 3.8) is 0 Å². The van der Waals surface area contributed by atoms with Crippen molar-refractivity contribution >= 4 is 21.9 Å². The van der Waals surface area contributed by atoms with Gasteiger partial charge in [0.25, 0.3) is 6.43 Å². The highest BCUT2D eigenvalue weighted by Gasteiger charge is 2.29. The maximum Gasteiger partial charge on any atom is 0.376 e. The van der Waals surface area contributed by atoms with Gasteiger partial charge in [-0.3, -0.25) is 0 Å². The Morgan fingerprint density at radius 3 is 2.84 bits per heavy atom. The third-order valence-corrected chi connectivity index (χ3v) is 2.78. The Morgan fingerprint density at radius 2 is 2.32 bits per heavy atom. The lowest BCUT2D eigenvalue weighted by Gasteiger charge is -1.99. The molecule has 0 fully saturated rings. The minimum Gasteiger partial charge on any atom is -0.460 e. The number of esters is 1. The Kier molecular flexibility index (Phi) is 3.98. The average Bonchev–Trinajstić information content (AvgIpc) is 2.94. The molecule has 0 aliphatic heterocycles. The second-order valence-corrected chi connectivity index (χ2v) is 4.08. The summed E-state index contributed by atoms with van der Waals surface area (Å²) in [5.74, 6) is -1.71. The standard InChI is InChI=1S/C11H8BrF2NO4/c1-2-17-11(16)7-6(9(13)14)15-10(19-7)5-3-4-18-8(5)12/h3-4,9H,2H2,1H3. The monoisotopic (exact) mass is 335 g/mol. The number of rotatable bonds is 4. The zero-order valence-corrected chi connectivity index (χ0v) is 11.2. The maximum atomic E-state index is 12.8. The van der Waals surface area contributed by atoms with E-state index in [1.807, 2.05) is 0 Å². The van der Waals surface area contributed by atoms with Crippen molar-refractivity contribution in [1.29, 1.82) is 0 Å². The molecule has 0 N–H and O–H groups in total. The predicted octanol–water partition coefficient (Wildman–Crippen LogP) is 3.81. The van der Waals surface area contributed by atoms with Gasteiger partial charge in [0.2, 0.25) is 11.7 Å². The topological polar surface area (TPSA) is 65.5 Å². The van der Waals surface area contributed by atoms with Crippen LogP contribution in [0.3, 0.4) is 0 Å². The predicted molar refractivity (Wildman–Crippen MR) is 62.8 cm³/mol. The van der Waals surface area contributed by atoms with Gasteiger partial charge in [0.05, 0.1) is 18.4 Å². The molecule has 0 saturated carbocycles. The quantitative estimate of drug-likeness (QED) is 0.795. The first-order valence-corrected chi connectivity index (χ1v) is 6.03. The smallest absolute Gasteiger partial charge is 0.376 e. The summed E-state index contributed by atoms with van der Waals surface area (Å²) in [5, 5.41) is 0. The number of carbonyl (C=O) groups excluding carboxylic acids is 1. The molecule has 19 heavy (non-hydrogen) atoms. The molecule has 5 nitrogen and oxygen atoms in total. The van der Waals surface area contributed by atoms with E-state index in [-0.39, 0.29) is 17.2 Å². The molecule has 0 bridgehead atoms. The van der Waals surface area contributed by atoms with Crippen LogP contribution in [0.15, 0.2) is 25.8 Å². The molecule has 0 aliphatic carbocycles. The normalized spacial score (nSPS) is 11.0. The number of ether oxygens (including phenoxy) is 1. The molecule has 102 valence electrons. The molecule has 8 heteroatoms. The molecule has 0 atom stereocenters. The Labute approximate surface area is 114 Å². The van der Waals surface area contributed by atoms with Gasteiger partial charge in [0, 0.05) is 0 Å². The van der Waals surface area contributed by atoms with E-state index in [2.05, 4.69) is 25.7 Å². The summed E-state index contributed by atoms with van der Waals surface area (Å²) in [4.78, 5) is 15.1. The van der Waals surface area contributed by atoms with Gasteiger partial charge in [0.1, 0.15) is 0 Å². The third-order valence-electron chi connectivity index (χ3n) is 2.17. The minimum absolute atomic E-state index is 0.0486. The van der Waals surface area contributed by atoms with E-state index >= 15 is 0 Å². The number of hydrogen-bond donors (Lipinski definition) is 0. The summed E-state index contributed by atoms with van der Waals surface area (Å²) in [5.41, 5.74) is -0.418. The Bertz CT molecular complexity index is 593. The molecule has 2 rings (SSSR count). The summed E-state index contributed by atoms with van der Waals surface area (Å²) in [6.07, 6.45) is -1.61. The summed E-state index contributed by atoms with van der Waals surface area (Å²) in [6, 6.07) is 1.47. The van der Waals surface area contributed by atoms with E-state index in [4.69, 9.17) is 8.83 Å². The summed E-state index contributed by atoms with van der Waals surface area (Å²) >= 11 is 3.07. The number of furan rings is 1. The zero-order chi connectivity index (χ0) is 14.0. The number of oxazole rings is 1. The van der Waals surface area contributed by atoms with Gasteiger partial charge in [-0.15, -0.1) is 0 Å². The van der Waals surface area contributed by atoms with Crippen LogP contribution < -0.4 is 0 Å². The van der Waals surface area contributed by atoms with Gasteiger partial charge in [-0.2, -0.15) is 0 Å². The highest BCUT2D eigenvalue weighted by Crippen LogP contribution is 2.33. The highest BCUT2D eigenvalue weighted by atomic mass is 79.9. The van der Waals surface area contributed by atoms with Crippen LogP contribution in [-0.2, 0) is 4.74 Å². The van der Waals surface area contributed by atoms with Crippen LogP contribution in [0.2, 0.25) is 0 Å². The van der Waals surface area contributed by atoms with E-state index in [1.165, 1.54) is 12.3 Å². The maximum absolute atomic E-state index is 12.8. The van der Waals surface area contributed by atoms with Crippen molar-refractivity contribution in [3.8, 4) is 11.5 Å². The lowest BCUT2D eigenvalue weighted by atomic mass is 10.3. The third kappa shape index (κ3) is 2.67. The van der Waals surface area contributed by atoms with Gasteiger partial charge < -0.3 is 13.6 Å². The summed E-state index contributed by atoms with van der Waals surface area (Å²) in [6.45, 7) is 1.61. The van der Waals surface area contributed by atoms with Gasteiger partial charge >= 0.3 is 5.97 Å². The second kappa shape index (κ2) is 5.52. The Hall–Kier alpha value is -1.70. The van der Waals surface area contributed by atoms with Crippen LogP contribution in [0.5, 0.6) is 0 Å². The second-order valence-electron chi connectivity index (χ2n) is 3.36. The first-order valence-electron chi connectivity index (χ1n) is 5.24. The summed E-state index contributed by atoms with van der Waals surface area (Å²) < 4.78 is 40.6. The van der Waals surface area contributed by atoms with Crippen LogP contribution in [0.25, 0.3) is 11.5 Å². The molecular weight excluding hydrogens is 328 g/mol. The van der Waals surface area contributed by atoms with Crippen molar-refractivity contribution in [2.45, 2.75) is 13.3 Å². The number of hydrogen-bond acceptors (Lipinski definition) is 5. The molecule has 0 spiro atoms. The van der Waals surface area contributed by atoms with Gasteiger partial charge in [-0.05, 0) is 28.9 Å². The van der Waals surface area contributed by atoms with Gasteiger partial charge in [-0.1, -0.05) is 0 Å². The number of halogens is 3. The fourth-order valence-corrected chi connectivity index (χ4v) is 1.79. The number of carbonyl (C=O) groups is 1. The van der Waals surface area contributed by atoms with Crippen molar-refractivity contribution in [1.82, 2.24) is 4.98 Å². The molecule has 2 aromatic heterocycles. The van der Waals surface area contributed by atoms with Gasteiger partial charge in [0.15, 0.2) is 10.4 Å². The van der Waals surface area contributed by atoms with Crippen LogP contribution in [0.1, 0.15) is 29.6 Å². The van der Waals surface area contributed by atoms with E-state index in [1.54, 1.807) is 6.92 Å². The van der Waals surface area contributed by atoms with E-state index in [0.717, 1.165) is 0 Å². The minimum atomic E-state index is -2.94. The van der Waals surface area contributed by atoms with Crippen molar-refractivity contribution in [3.05, 3.63) is 28.5 Å². The lowest BCUT2D eigenvalue weighted by Crippen LogP contribution is -2.06. The molecule has 2 aromatic rings. The Morgan fingerprint density at radius 1 is 1.58 bits per heavy atom. The Balaban J connectivity index is 2.46. The summed E-state index contributed by atoms with van der Waals surface area (Å²) in [7, 11) is 0. The molecule has 0 aromatic carbocycles. The molecule has 0 saturated heterocycles. The van der Waals surface area contributed by atoms with Crippen molar-refractivity contribution < 1.29 is 27.1 Å². The number of aromatic nitrogens is 1. The van der Waals surface area contributed by atoms with E-state index < -0.39 is 23.8 Å². The van der Waals surface area contributed by atoms with E-state index in [9.17, 15) is 13.6 Å². The van der Waals surface area contributed by atoms with Crippen LogP contribution in [0.4, 0.5) is 8.78 Å². The van der Waals surface area contributed by atoms with Crippen LogP contribution >= 0.6 is 15.9 Å². The largest absolute Gasteiger partial charge is 0.460 e.